The van der Waals surface area contributed by atoms with Gasteiger partial charge in [0.15, 0.2) is 5.82 Å². The smallest absolute Gasteiger partial charge is 0.351 e. The maximum Gasteiger partial charge on any atom is 0.351 e. The van der Waals surface area contributed by atoms with Crippen LogP contribution in [0.5, 0.6) is 0 Å². The van der Waals surface area contributed by atoms with Crippen LogP contribution < -0.4 is 0 Å². The molecule has 0 fully saturated rings. The molecular weight excluding hydrogens is 724 g/mol. The van der Waals surface area contributed by atoms with E-state index in [1.54, 1.807) is 22.7 Å². The summed E-state index contributed by atoms with van der Waals surface area (Å²) in [5.74, 6) is -1.15. The number of aryl methyl sites for hydroxylation is 2. The third kappa shape index (κ3) is 5.06. The lowest BCUT2D eigenvalue weighted by Gasteiger charge is -2.09. The molecule has 0 aliphatic rings. The van der Waals surface area contributed by atoms with Crippen LogP contribution in [0.1, 0.15) is 19.4 Å². The van der Waals surface area contributed by atoms with Crippen LogP contribution in [0.2, 0.25) is 0 Å². The van der Waals surface area contributed by atoms with Crippen molar-refractivity contribution in [2.24, 2.45) is 0 Å². The van der Waals surface area contributed by atoms with Gasteiger partial charge in [-0.25, -0.2) is 9.18 Å². The Labute approximate surface area is 306 Å². The van der Waals surface area contributed by atoms with Gasteiger partial charge in [0, 0.05) is 70.8 Å². The van der Waals surface area contributed by atoms with Crippen molar-refractivity contribution in [3.8, 4) is 51.5 Å². The molecule has 9 aromatic rings. The van der Waals surface area contributed by atoms with Gasteiger partial charge in [-0.15, -0.1) is 68.0 Å². The van der Waals surface area contributed by atoms with Gasteiger partial charge >= 0.3 is 5.97 Å². The van der Waals surface area contributed by atoms with Gasteiger partial charge in [-0.3, -0.25) is 0 Å². The van der Waals surface area contributed by atoms with Crippen molar-refractivity contribution in [1.29, 1.82) is 0 Å². The van der Waals surface area contributed by atoms with Gasteiger partial charge < -0.3 is 4.74 Å². The quantitative estimate of drug-likeness (QED) is 0.158. The van der Waals surface area contributed by atoms with Crippen LogP contribution in [0.4, 0.5) is 4.39 Å². The van der Waals surface area contributed by atoms with Gasteiger partial charge in [-0.05, 0) is 61.4 Å². The Morgan fingerprint density at radius 1 is 0.571 bits per heavy atom. The molecule has 0 amide bonds. The summed E-state index contributed by atoms with van der Waals surface area (Å²) >= 11 is 10.0. The van der Waals surface area contributed by atoms with Crippen LogP contribution in [0.15, 0.2) is 97.1 Å². The molecule has 0 unspecified atom stereocenters. The first-order chi connectivity index (χ1) is 23.9. The standard InChI is InChI=1S/C40H25FO2S6/c1-20-14-16-26(44-20)30-24-18-28(22-10-6-4-7-11-22)46-35(24)31(27-17-15-21(2)45-27)25-19-29(47-36(25)30)37-38-32(33(41)39(49-38)40(42)43-3)34(48-37)23-12-8-5-9-13-23/h4-19H,1-3H3. The predicted octanol–water partition coefficient (Wildman–Crippen LogP) is 14.4. The zero-order valence-electron chi connectivity index (χ0n) is 26.4. The highest BCUT2D eigenvalue weighted by molar-refractivity contribution is 7.33. The van der Waals surface area contributed by atoms with E-state index in [4.69, 9.17) is 4.74 Å². The molecule has 0 N–H and O–H groups in total. The van der Waals surface area contributed by atoms with Gasteiger partial charge in [0.05, 0.1) is 16.7 Å². The minimum absolute atomic E-state index is 0.0123. The Bertz CT molecular complexity index is 2600. The first-order valence-corrected chi connectivity index (χ1v) is 20.4. The summed E-state index contributed by atoms with van der Waals surface area (Å²) in [6.07, 6.45) is 0. The van der Waals surface area contributed by atoms with Gasteiger partial charge in [-0.1, -0.05) is 60.7 Å². The molecule has 0 aliphatic heterocycles. The number of carbonyl (C=O) groups is 1. The topological polar surface area (TPSA) is 26.3 Å². The average Bonchev–Trinajstić information content (AvgIpc) is 3.97. The fraction of sp³-hybridized carbons (Fsp3) is 0.0750. The van der Waals surface area contributed by atoms with E-state index in [-0.39, 0.29) is 4.88 Å². The lowest BCUT2D eigenvalue weighted by atomic mass is 9.99. The van der Waals surface area contributed by atoms with Crippen LogP contribution in [-0.4, -0.2) is 13.1 Å². The third-order valence-electron chi connectivity index (χ3n) is 8.61. The molecule has 9 rings (SSSR count). The molecule has 0 saturated carbocycles. The molecule has 0 spiro atoms. The molecule has 3 aromatic carbocycles. The molecule has 0 saturated heterocycles. The Balaban J connectivity index is 1.39. The maximum atomic E-state index is 16.2. The molecule has 0 aliphatic carbocycles. The monoisotopic (exact) mass is 748 g/mol. The second kappa shape index (κ2) is 12.1. The number of rotatable bonds is 6. The number of hydrogen-bond donors (Lipinski definition) is 0. The summed E-state index contributed by atoms with van der Waals surface area (Å²) < 4.78 is 24.4. The largest absolute Gasteiger partial charge is 0.465 e. The van der Waals surface area contributed by atoms with Crippen LogP contribution in [0.3, 0.4) is 0 Å². The molecule has 240 valence electrons. The SMILES string of the molecule is COC(=O)c1sc2c(-c3cc4c(-c5ccc(C)s5)c5sc(-c6ccccc6)cc5c(-c5ccc(C)s5)c4s3)sc(-c3ccccc3)c2c1F. The van der Waals surface area contributed by atoms with Gasteiger partial charge in [0.1, 0.15) is 4.88 Å². The van der Waals surface area contributed by atoms with E-state index in [0.29, 0.717) is 5.39 Å². The first-order valence-electron chi connectivity index (χ1n) is 15.5. The second-order valence-electron chi connectivity index (χ2n) is 11.7. The molecule has 6 heterocycles. The van der Waals surface area contributed by atoms with Gasteiger partial charge in [-0.2, -0.15) is 0 Å². The number of ether oxygens (including phenoxy) is 1. The van der Waals surface area contributed by atoms with Crippen molar-refractivity contribution in [3.63, 3.8) is 0 Å². The number of halogens is 1. The predicted molar refractivity (Wildman–Crippen MR) is 214 cm³/mol. The summed E-state index contributed by atoms with van der Waals surface area (Å²) in [6.45, 7) is 4.32. The van der Waals surface area contributed by atoms with Crippen LogP contribution in [-0.2, 0) is 4.74 Å². The van der Waals surface area contributed by atoms with Crippen molar-refractivity contribution < 1.29 is 13.9 Å². The number of thiophene rings is 6. The zero-order valence-corrected chi connectivity index (χ0v) is 31.3. The van der Waals surface area contributed by atoms with Crippen LogP contribution in [0, 0.1) is 19.7 Å². The highest BCUT2D eigenvalue weighted by Gasteiger charge is 2.29. The van der Waals surface area contributed by atoms with E-state index in [2.05, 4.69) is 80.6 Å². The van der Waals surface area contributed by atoms with E-state index in [1.807, 2.05) is 64.3 Å². The molecule has 9 heteroatoms. The van der Waals surface area contributed by atoms with Crippen molar-refractivity contribution in [1.82, 2.24) is 0 Å². The van der Waals surface area contributed by atoms with E-state index < -0.39 is 11.8 Å². The first kappa shape index (κ1) is 31.1. The summed E-state index contributed by atoms with van der Waals surface area (Å²) in [4.78, 5) is 21.9. The number of hydrogen-bond acceptors (Lipinski definition) is 8. The molecule has 0 radical (unpaired) electrons. The Morgan fingerprint density at radius 2 is 1.12 bits per heavy atom. The number of fused-ring (bicyclic) bond motifs is 3. The average molecular weight is 749 g/mol. The lowest BCUT2D eigenvalue weighted by molar-refractivity contribution is 0.0602. The minimum Gasteiger partial charge on any atom is -0.465 e. The minimum atomic E-state index is -0.648. The Morgan fingerprint density at radius 3 is 1.67 bits per heavy atom. The van der Waals surface area contributed by atoms with Crippen molar-refractivity contribution >= 4 is 104 Å². The molecule has 0 bridgehead atoms. The number of benzene rings is 3. The number of esters is 1. The summed E-state index contributed by atoms with van der Waals surface area (Å²) in [6, 6.07) is 34.1. The summed E-state index contributed by atoms with van der Waals surface area (Å²) in [5.41, 5.74) is 4.64. The Hall–Kier alpha value is -3.96. The van der Waals surface area contributed by atoms with Gasteiger partial charge in [0.2, 0.25) is 0 Å². The van der Waals surface area contributed by atoms with E-state index >= 15 is 4.39 Å². The fourth-order valence-electron chi connectivity index (χ4n) is 6.41. The normalized spacial score (nSPS) is 11.8. The van der Waals surface area contributed by atoms with Crippen LogP contribution >= 0.6 is 68.0 Å². The third-order valence-corrected chi connectivity index (χ3v) is 15.7. The van der Waals surface area contributed by atoms with Crippen molar-refractivity contribution in [3.05, 3.63) is 118 Å². The highest BCUT2D eigenvalue weighted by atomic mass is 32.1. The molecule has 6 aromatic heterocycles. The van der Waals surface area contributed by atoms with E-state index in [0.717, 1.165) is 24.9 Å². The Kier molecular flexibility index (Phi) is 7.68. The number of carbonyl (C=O) groups excluding carboxylic acids is 1. The van der Waals surface area contributed by atoms with Crippen LogP contribution in [0.25, 0.3) is 81.8 Å². The van der Waals surface area contributed by atoms with Crippen molar-refractivity contribution in [2.75, 3.05) is 7.11 Å². The fourth-order valence-corrected chi connectivity index (χ4v) is 13.6. The maximum absolute atomic E-state index is 16.2. The molecule has 49 heavy (non-hydrogen) atoms. The molecule has 2 nitrogen and oxygen atoms in total. The summed E-state index contributed by atoms with van der Waals surface area (Å²) in [7, 11) is 1.30. The van der Waals surface area contributed by atoms with Gasteiger partial charge in [0.25, 0.3) is 0 Å². The summed E-state index contributed by atoms with van der Waals surface area (Å²) in [5, 5.41) is 2.94. The second-order valence-corrected chi connectivity index (χ2v) is 18.4. The zero-order chi connectivity index (χ0) is 33.4. The van der Waals surface area contributed by atoms with Crippen molar-refractivity contribution in [2.45, 2.75) is 13.8 Å². The molecular formula is C40H25FO2S6. The molecule has 0 atom stereocenters. The number of methoxy groups -OCH3 is 1. The highest BCUT2D eigenvalue weighted by Crippen LogP contribution is 2.57. The lowest BCUT2D eigenvalue weighted by Crippen LogP contribution is -2.00. The van der Waals surface area contributed by atoms with E-state index in [1.165, 1.54) is 79.7 Å². The van der Waals surface area contributed by atoms with E-state index in [9.17, 15) is 4.79 Å².